The van der Waals surface area contributed by atoms with Gasteiger partial charge in [-0.25, -0.2) is 0 Å². The number of carbonyl (C=O) groups is 1. The first kappa shape index (κ1) is 25.9. The highest BCUT2D eigenvalue weighted by Crippen LogP contribution is 2.25. The third kappa shape index (κ3) is 7.32. The van der Waals surface area contributed by atoms with Gasteiger partial charge in [-0.2, -0.15) is 0 Å². The summed E-state index contributed by atoms with van der Waals surface area (Å²) >= 11 is 0. The Hall–Kier alpha value is -1.39. The summed E-state index contributed by atoms with van der Waals surface area (Å²) in [6.45, 7) is 8.00. The molecule has 0 saturated carbocycles. The van der Waals surface area contributed by atoms with Gasteiger partial charge < -0.3 is 25.6 Å². The van der Waals surface area contributed by atoms with Crippen LogP contribution >= 0.6 is 24.0 Å². The Labute approximate surface area is 203 Å². The number of rotatable bonds is 7. The molecule has 2 fully saturated rings. The molecule has 2 unspecified atom stereocenters. The lowest BCUT2D eigenvalue weighted by molar-refractivity contribution is -0.129. The number of nitrogens with one attached hydrogen (secondary N) is 3. The van der Waals surface area contributed by atoms with Gasteiger partial charge in [0.2, 0.25) is 5.91 Å². The van der Waals surface area contributed by atoms with E-state index in [2.05, 4.69) is 58.2 Å². The van der Waals surface area contributed by atoms with Crippen LogP contribution in [0.25, 0.3) is 0 Å². The standard InChI is InChI=1S/C23H37N5O2.HI/c1-4-21(29)28-13-10-20(16-28)26-22(24-3)25-17-23(11-14-30-15-12-23)27-18(2)19-8-6-5-7-9-19;/h5-9,18,20,27H,4,10-17H2,1-3H3,(H2,24,25,26);1H. The second-order valence-electron chi connectivity index (χ2n) is 8.42. The van der Waals surface area contributed by atoms with Gasteiger partial charge in [0.05, 0.1) is 0 Å². The number of benzene rings is 1. The van der Waals surface area contributed by atoms with E-state index in [-0.39, 0.29) is 47.5 Å². The molecule has 2 saturated heterocycles. The summed E-state index contributed by atoms with van der Waals surface area (Å²) in [6.07, 6.45) is 3.43. The number of halogens is 1. The van der Waals surface area contributed by atoms with Crippen LogP contribution in [0, 0.1) is 0 Å². The molecular formula is C23H38IN5O2. The Bertz CT molecular complexity index is 709. The molecule has 0 spiro atoms. The van der Waals surface area contributed by atoms with Crippen LogP contribution in [-0.2, 0) is 9.53 Å². The Morgan fingerprint density at radius 1 is 1.29 bits per heavy atom. The van der Waals surface area contributed by atoms with Crippen LogP contribution in [0.2, 0.25) is 0 Å². The minimum atomic E-state index is -0.0506. The normalized spacial score (nSPS) is 21.8. The predicted molar refractivity (Wildman–Crippen MR) is 136 cm³/mol. The van der Waals surface area contributed by atoms with Crippen molar-refractivity contribution in [3.05, 3.63) is 35.9 Å². The van der Waals surface area contributed by atoms with E-state index in [1.165, 1.54) is 5.56 Å². The number of hydrogen-bond acceptors (Lipinski definition) is 4. The molecule has 174 valence electrons. The minimum Gasteiger partial charge on any atom is -0.381 e. The average Bonchev–Trinajstić information content (AvgIpc) is 3.26. The number of likely N-dealkylation sites (tertiary alicyclic amines) is 1. The van der Waals surface area contributed by atoms with Gasteiger partial charge in [0.25, 0.3) is 0 Å². The number of hydrogen-bond donors (Lipinski definition) is 3. The molecule has 8 heteroatoms. The quantitative estimate of drug-likeness (QED) is 0.280. The summed E-state index contributed by atoms with van der Waals surface area (Å²) < 4.78 is 5.65. The second-order valence-corrected chi connectivity index (χ2v) is 8.42. The fraction of sp³-hybridized carbons (Fsp3) is 0.652. The molecule has 2 heterocycles. The maximum Gasteiger partial charge on any atom is 0.222 e. The van der Waals surface area contributed by atoms with Crippen LogP contribution in [0.5, 0.6) is 0 Å². The van der Waals surface area contributed by atoms with E-state index in [0.717, 1.165) is 58.1 Å². The molecule has 3 N–H and O–H groups in total. The molecule has 1 amide bonds. The van der Waals surface area contributed by atoms with E-state index >= 15 is 0 Å². The van der Waals surface area contributed by atoms with Crippen molar-refractivity contribution >= 4 is 35.8 Å². The van der Waals surface area contributed by atoms with E-state index < -0.39 is 0 Å². The second kappa shape index (κ2) is 12.6. The zero-order valence-corrected chi connectivity index (χ0v) is 21.4. The monoisotopic (exact) mass is 543 g/mol. The molecule has 1 aromatic rings. The smallest absolute Gasteiger partial charge is 0.222 e. The average molecular weight is 543 g/mol. The highest BCUT2D eigenvalue weighted by Gasteiger charge is 2.34. The maximum absolute atomic E-state index is 11.9. The summed E-state index contributed by atoms with van der Waals surface area (Å²) in [6, 6.07) is 11.1. The maximum atomic E-state index is 11.9. The van der Waals surface area contributed by atoms with Crippen LogP contribution < -0.4 is 16.0 Å². The molecule has 3 rings (SSSR count). The first-order valence-corrected chi connectivity index (χ1v) is 11.2. The number of carbonyl (C=O) groups excluding carboxylic acids is 1. The van der Waals surface area contributed by atoms with Crippen molar-refractivity contribution in [3.8, 4) is 0 Å². The van der Waals surface area contributed by atoms with Crippen molar-refractivity contribution < 1.29 is 9.53 Å². The topological polar surface area (TPSA) is 78.0 Å². The lowest BCUT2D eigenvalue weighted by atomic mass is 9.88. The Morgan fingerprint density at radius 2 is 2.00 bits per heavy atom. The van der Waals surface area contributed by atoms with E-state index in [0.29, 0.717) is 6.42 Å². The first-order valence-electron chi connectivity index (χ1n) is 11.2. The van der Waals surface area contributed by atoms with Gasteiger partial charge in [-0.15, -0.1) is 24.0 Å². The zero-order chi connectivity index (χ0) is 21.4. The highest BCUT2D eigenvalue weighted by molar-refractivity contribution is 14.0. The number of amides is 1. The van der Waals surface area contributed by atoms with Gasteiger partial charge in [-0.1, -0.05) is 37.3 Å². The summed E-state index contributed by atoms with van der Waals surface area (Å²) in [7, 11) is 1.80. The van der Waals surface area contributed by atoms with Crippen molar-refractivity contribution in [2.45, 2.75) is 57.2 Å². The molecule has 2 atom stereocenters. The van der Waals surface area contributed by atoms with E-state index in [4.69, 9.17) is 4.74 Å². The number of nitrogens with zero attached hydrogens (tertiary/aromatic N) is 2. The summed E-state index contributed by atoms with van der Waals surface area (Å²) in [5, 5.41) is 10.9. The first-order chi connectivity index (χ1) is 14.5. The highest BCUT2D eigenvalue weighted by atomic mass is 127. The Morgan fingerprint density at radius 3 is 2.65 bits per heavy atom. The van der Waals surface area contributed by atoms with Crippen molar-refractivity contribution in [3.63, 3.8) is 0 Å². The van der Waals surface area contributed by atoms with Gasteiger partial charge in [-0.05, 0) is 31.7 Å². The molecule has 0 bridgehead atoms. The van der Waals surface area contributed by atoms with Gasteiger partial charge in [-0.3, -0.25) is 9.79 Å². The Kier molecular flexibility index (Phi) is 10.5. The van der Waals surface area contributed by atoms with Gasteiger partial charge >= 0.3 is 0 Å². The lowest BCUT2D eigenvalue weighted by Gasteiger charge is -2.41. The molecule has 2 aliphatic heterocycles. The van der Waals surface area contributed by atoms with Crippen LogP contribution in [0.15, 0.2) is 35.3 Å². The lowest BCUT2D eigenvalue weighted by Crippen LogP contribution is -2.59. The fourth-order valence-electron chi connectivity index (χ4n) is 4.39. The zero-order valence-electron chi connectivity index (χ0n) is 19.0. The third-order valence-corrected chi connectivity index (χ3v) is 6.27. The van der Waals surface area contributed by atoms with Crippen LogP contribution in [0.4, 0.5) is 0 Å². The van der Waals surface area contributed by atoms with E-state index in [1.807, 2.05) is 11.8 Å². The molecule has 1 aromatic carbocycles. The number of aliphatic imine (C=N–C) groups is 1. The largest absolute Gasteiger partial charge is 0.381 e. The predicted octanol–water partition coefficient (Wildman–Crippen LogP) is 2.68. The molecule has 0 radical (unpaired) electrons. The van der Waals surface area contributed by atoms with Gasteiger partial charge in [0, 0.05) is 63.9 Å². The molecule has 0 aromatic heterocycles. The van der Waals surface area contributed by atoms with Crippen molar-refractivity contribution in [1.82, 2.24) is 20.9 Å². The minimum absolute atomic E-state index is 0. The summed E-state index contributed by atoms with van der Waals surface area (Å²) in [5.41, 5.74) is 1.24. The fourth-order valence-corrected chi connectivity index (χ4v) is 4.39. The van der Waals surface area contributed by atoms with E-state index in [9.17, 15) is 4.79 Å². The van der Waals surface area contributed by atoms with Crippen molar-refractivity contribution in [2.75, 3.05) is 39.9 Å². The SMILES string of the molecule is CCC(=O)N1CCC(NC(=NC)NCC2(NC(C)c3ccccc3)CCOCC2)C1.I. The molecule has 7 nitrogen and oxygen atoms in total. The third-order valence-electron chi connectivity index (χ3n) is 6.27. The number of guanidine groups is 1. The summed E-state index contributed by atoms with van der Waals surface area (Å²) in [4.78, 5) is 18.3. The van der Waals surface area contributed by atoms with Gasteiger partial charge in [0.1, 0.15) is 0 Å². The van der Waals surface area contributed by atoms with Crippen LogP contribution in [0.1, 0.15) is 51.1 Å². The summed E-state index contributed by atoms with van der Waals surface area (Å²) in [5.74, 6) is 1.02. The molecule has 31 heavy (non-hydrogen) atoms. The molecular weight excluding hydrogens is 505 g/mol. The van der Waals surface area contributed by atoms with E-state index in [1.54, 1.807) is 7.05 Å². The number of ether oxygens (including phenoxy) is 1. The van der Waals surface area contributed by atoms with Crippen molar-refractivity contribution in [2.24, 2.45) is 4.99 Å². The van der Waals surface area contributed by atoms with Crippen LogP contribution in [-0.4, -0.2) is 68.2 Å². The van der Waals surface area contributed by atoms with Gasteiger partial charge in [0.15, 0.2) is 5.96 Å². The van der Waals surface area contributed by atoms with Crippen LogP contribution in [0.3, 0.4) is 0 Å². The Balaban J connectivity index is 0.00000341. The molecule has 2 aliphatic rings. The molecule has 0 aliphatic carbocycles. The van der Waals surface area contributed by atoms with Crippen molar-refractivity contribution in [1.29, 1.82) is 0 Å².